The highest BCUT2D eigenvalue weighted by molar-refractivity contribution is 14.1. The van der Waals surface area contributed by atoms with Crippen LogP contribution < -0.4 is 10.1 Å². The lowest BCUT2D eigenvalue weighted by molar-refractivity contribution is -0.142. The Kier molecular flexibility index (Phi) is 8.95. The van der Waals surface area contributed by atoms with Crippen molar-refractivity contribution in [2.45, 2.75) is 52.7 Å². The molecule has 0 saturated carbocycles. The van der Waals surface area contributed by atoms with Gasteiger partial charge in [0.05, 0.1) is 0 Å². The molecule has 29 heavy (non-hydrogen) atoms. The molecular weight excluding hydrogens is 479 g/mol. The Morgan fingerprint density at radius 3 is 2.38 bits per heavy atom. The maximum absolute atomic E-state index is 13.0. The van der Waals surface area contributed by atoms with Crippen molar-refractivity contribution in [2.24, 2.45) is 0 Å². The summed E-state index contributed by atoms with van der Waals surface area (Å²) in [5.74, 6) is 0.250. The second kappa shape index (κ2) is 11.2. The van der Waals surface area contributed by atoms with Gasteiger partial charge >= 0.3 is 0 Å². The third-order valence-electron chi connectivity index (χ3n) is 4.95. The normalized spacial score (nSPS) is 12.7. The zero-order chi connectivity index (χ0) is 21.4. The van der Waals surface area contributed by atoms with Gasteiger partial charge in [-0.25, -0.2) is 0 Å². The van der Waals surface area contributed by atoms with Crippen LogP contribution in [-0.2, 0) is 16.1 Å². The van der Waals surface area contributed by atoms with Crippen LogP contribution in [-0.4, -0.2) is 35.4 Å². The number of benzene rings is 2. The first-order valence-corrected chi connectivity index (χ1v) is 10.9. The van der Waals surface area contributed by atoms with Crippen molar-refractivity contribution < 1.29 is 14.3 Å². The Morgan fingerprint density at radius 2 is 1.76 bits per heavy atom. The second-order valence-electron chi connectivity index (χ2n) is 7.18. The predicted octanol–water partition coefficient (Wildman–Crippen LogP) is 4.31. The van der Waals surface area contributed by atoms with E-state index >= 15 is 0 Å². The number of aryl methyl sites for hydroxylation is 1. The van der Waals surface area contributed by atoms with Crippen LogP contribution in [0.4, 0.5) is 0 Å². The van der Waals surface area contributed by atoms with Crippen molar-refractivity contribution in [1.82, 2.24) is 10.2 Å². The molecule has 0 heterocycles. The fraction of sp³-hybridized carbons (Fsp3) is 0.391. The molecule has 0 bridgehead atoms. The fourth-order valence-electron chi connectivity index (χ4n) is 2.78. The lowest BCUT2D eigenvalue weighted by Gasteiger charge is -2.30. The first kappa shape index (κ1) is 23.2. The molecule has 2 amide bonds. The summed E-state index contributed by atoms with van der Waals surface area (Å²) in [7, 11) is 0. The standard InChI is InChI=1S/C23H29IN2O3/c1-5-17(3)25-23(28)18(4)26(14-19-9-7-6-8-16(19)2)22(27)15-29-21-12-10-20(24)11-13-21/h6-13,17-18H,5,14-15H2,1-4H3,(H,25,28). The summed E-state index contributed by atoms with van der Waals surface area (Å²) in [5.41, 5.74) is 2.09. The lowest BCUT2D eigenvalue weighted by Crippen LogP contribution is -2.50. The lowest BCUT2D eigenvalue weighted by atomic mass is 10.1. The quantitative estimate of drug-likeness (QED) is 0.514. The van der Waals surface area contributed by atoms with Crippen LogP contribution >= 0.6 is 22.6 Å². The van der Waals surface area contributed by atoms with Crippen molar-refractivity contribution in [3.63, 3.8) is 0 Å². The van der Waals surface area contributed by atoms with Crippen LogP contribution in [0.1, 0.15) is 38.3 Å². The van der Waals surface area contributed by atoms with E-state index < -0.39 is 6.04 Å². The van der Waals surface area contributed by atoms with Gasteiger partial charge in [-0.15, -0.1) is 0 Å². The average Bonchev–Trinajstić information content (AvgIpc) is 2.71. The number of carbonyl (C=O) groups is 2. The molecule has 5 nitrogen and oxygen atoms in total. The fourth-order valence-corrected chi connectivity index (χ4v) is 3.14. The Labute approximate surface area is 187 Å². The summed E-state index contributed by atoms with van der Waals surface area (Å²) >= 11 is 2.22. The van der Waals surface area contributed by atoms with E-state index in [1.807, 2.05) is 69.3 Å². The van der Waals surface area contributed by atoms with Crippen LogP contribution in [0.25, 0.3) is 0 Å². The summed E-state index contributed by atoms with van der Waals surface area (Å²) in [5, 5.41) is 2.97. The van der Waals surface area contributed by atoms with E-state index in [2.05, 4.69) is 27.9 Å². The smallest absolute Gasteiger partial charge is 0.261 e. The first-order chi connectivity index (χ1) is 13.8. The number of rotatable bonds is 9. The van der Waals surface area contributed by atoms with Crippen molar-refractivity contribution in [3.05, 3.63) is 63.2 Å². The number of nitrogens with zero attached hydrogens (tertiary/aromatic N) is 1. The van der Waals surface area contributed by atoms with Gasteiger partial charge in [-0.1, -0.05) is 31.2 Å². The maximum atomic E-state index is 13.0. The van der Waals surface area contributed by atoms with Crippen LogP contribution in [0.3, 0.4) is 0 Å². The van der Waals surface area contributed by atoms with Gasteiger partial charge in [0.2, 0.25) is 5.91 Å². The molecule has 2 rings (SSSR count). The summed E-state index contributed by atoms with van der Waals surface area (Å²) < 4.78 is 6.77. The third kappa shape index (κ3) is 7.03. The number of hydrogen-bond acceptors (Lipinski definition) is 3. The minimum absolute atomic E-state index is 0.0587. The average molecular weight is 508 g/mol. The van der Waals surface area contributed by atoms with Crippen LogP contribution in [0.15, 0.2) is 48.5 Å². The highest BCUT2D eigenvalue weighted by atomic mass is 127. The topological polar surface area (TPSA) is 58.6 Å². The highest BCUT2D eigenvalue weighted by Crippen LogP contribution is 2.16. The van der Waals surface area contributed by atoms with Gasteiger partial charge < -0.3 is 15.0 Å². The van der Waals surface area contributed by atoms with E-state index in [0.717, 1.165) is 21.1 Å². The van der Waals surface area contributed by atoms with Gasteiger partial charge in [-0.2, -0.15) is 0 Å². The predicted molar refractivity (Wildman–Crippen MR) is 124 cm³/mol. The summed E-state index contributed by atoms with van der Waals surface area (Å²) in [6, 6.07) is 14.9. The zero-order valence-corrected chi connectivity index (χ0v) is 19.6. The van der Waals surface area contributed by atoms with Gasteiger partial charge in [0, 0.05) is 16.2 Å². The monoisotopic (exact) mass is 508 g/mol. The molecule has 0 aliphatic heterocycles. The minimum Gasteiger partial charge on any atom is -0.484 e. The summed E-state index contributed by atoms with van der Waals surface area (Å²) in [6.45, 7) is 7.98. The second-order valence-corrected chi connectivity index (χ2v) is 8.43. The Balaban J connectivity index is 2.15. The van der Waals surface area contributed by atoms with Gasteiger partial charge in [-0.05, 0) is 85.2 Å². The number of ether oxygens (including phenoxy) is 1. The number of carbonyl (C=O) groups excluding carboxylic acids is 2. The molecule has 2 aromatic rings. The molecule has 1 N–H and O–H groups in total. The van der Waals surface area contributed by atoms with Gasteiger partial charge in [0.15, 0.2) is 6.61 Å². The summed E-state index contributed by atoms with van der Waals surface area (Å²) in [4.78, 5) is 27.3. The van der Waals surface area contributed by atoms with Crippen LogP contribution in [0.5, 0.6) is 5.75 Å². The van der Waals surface area contributed by atoms with Crippen LogP contribution in [0.2, 0.25) is 0 Å². The largest absolute Gasteiger partial charge is 0.484 e. The van der Waals surface area contributed by atoms with Gasteiger partial charge in [0.1, 0.15) is 11.8 Å². The minimum atomic E-state index is -0.601. The maximum Gasteiger partial charge on any atom is 0.261 e. The Morgan fingerprint density at radius 1 is 1.10 bits per heavy atom. The van der Waals surface area contributed by atoms with Crippen molar-refractivity contribution in [3.8, 4) is 5.75 Å². The zero-order valence-electron chi connectivity index (χ0n) is 17.4. The molecule has 0 saturated heterocycles. The van der Waals surface area contributed by atoms with E-state index in [-0.39, 0.29) is 24.5 Å². The molecule has 2 atom stereocenters. The van der Waals surface area contributed by atoms with E-state index in [0.29, 0.717) is 12.3 Å². The van der Waals surface area contributed by atoms with E-state index in [4.69, 9.17) is 4.74 Å². The molecule has 6 heteroatoms. The molecular formula is C23H29IN2O3. The molecule has 2 aromatic carbocycles. The van der Waals surface area contributed by atoms with E-state index in [1.54, 1.807) is 11.8 Å². The van der Waals surface area contributed by atoms with Gasteiger partial charge in [0.25, 0.3) is 5.91 Å². The van der Waals surface area contributed by atoms with E-state index in [9.17, 15) is 9.59 Å². The van der Waals surface area contributed by atoms with Crippen molar-refractivity contribution >= 4 is 34.4 Å². The molecule has 0 radical (unpaired) electrons. The summed E-state index contributed by atoms with van der Waals surface area (Å²) in [6.07, 6.45) is 0.833. The molecule has 0 fully saturated rings. The molecule has 0 aliphatic carbocycles. The number of nitrogens with one attached hydrogen (secondary N) is 1. The molecule has 0 aliphatic rings. The number of amides is 2. The first-order valence-electron chi connectivity index (χ1n) is 9.84. The molecule has 0 spiro atoms. The van der Waals surface area contributed by atoms with Crippen molar-refractivity contribution in [2.75, 3.05) is 6.61 Å². The number of hydrogen-bond donors (Lipinski definition) is 1. The Bertz CT molecular complexity index is 823. The van der Waals surface area contributed by atoms with Crippen molar-refractivity contribution in [1.29, 1.82) is 0 Å². The molecule has 156 valence electrons. The Hall–Kier alpha value is -2.09. The third-order valence-corrected chi connectivity index (χ3v) is 5.67. The van der Waals surface area contributed by atoms with Gasteiger partial charge in [-0.3, -0.25) is 9.59 Å². The molecule has 0 aromatic heterocycles. The highest BCUT2D eigenvalue weighted by Gasteiger charge is 2.27. The number of halogens is 1. The van der Waals surface area contributed by atoms with Crippen LogP contribution in [0, 0.1) is 10.5 Å². The molecule has 2 unspecified atom stereocenters. The van der Waals surface area contributed by atoms with E-state index in [1.165, 1.54) is 0 Å². The SMILES string of the molecule is CCC(C)NC(=O)C(C)N(Cc1ccccc1C)C(=O)COc1ccc(I)cc1.